The van der Waals surface area contributed by atoms with E-state index >= 15 is 0 Å². The number of carbonyl (C=O) groups is 1. The Hall–Kier alpha value is -1.37. The summed E-state index contributed by atoms with van der Waals surface area (Å²) in [6.07, 6.45) is 7.26. The number of hydrogen-bond acceptors (Lipinski definition) is 1. The summed E-state index contributed by atoms with van der Waals surface area (Å²) in [7, 11) is 0. The van der Waals surface area contributed by atoms with Gasteiger partial charge in [0.1, 0.15) is 0 Å². The average molecular weight is 260 g/mol. The average Bonchev–Trinajstić information content (AvgIpc) is 2.41. The molecular weight excluding hydrogens is 232 g/mol. The first-order chi connectivity index (χ1) is 8.88. The van der Waals surface area contributed by atoms with E-state index in [1.807, 2.05) is 25.2 Å². The van der Waals surface area contributed by atoms with E-state index in [1.54, 1.807) is 0 Å². The fourth-order valence-corrected chi connectivity index (χ4v) is 1.78. The Balaban J connectivity index is 5.39. The lowest BCUT2D eigenvalue weighted by Crippen LogP contribution is -2.09. The molecule has 0 saturated heterocycles. The fraction of sp³-hybridized carbons (Fsp3) is 0.500. The Morgan fingerprint density at radius 2 is 1.74 bits per heavy atom. The summed E-state index contributed by atoms with van der Waals surface area (Å²) in [6.45, 7) is 18.2. The van der Waals surface area contributed by atoms with Gasteiger partial charge < -0.3 is 0 Å². The van der Waals surface area contributed by atoms with E-state index < -0.39 is 0 Å². The quantitative estimate of drug-likeness (QED) is 0.429. The van der Waals surface area contributed by atoms with Crippen LogP contribution in [0.4, 0.5) is 0 Å². The molecule has 0 fully saturated rings. The van der Waals surface area contributed by atoms with Crippen molar-refractivity contribution in [2.24, 2.45) is 11.8 Å². The Morgan fingerprint density at radius 1 is 1.16 bits per heavy atom. The van der Waals surface area contributed by atoms with Crippen LogP contribution in [0.5, 0.6) is 0 Å². The van der Waals surface area contributed by atoms with Crippen LogP contribution >= 0.6 is 0 Å². The predicted molar refractivity (Wildman–Crippen MR) is 85.1 cm³/mol. The smallest absolute Gasteiger partial charge is 0.158 e. The van der Waals surface area contributed by atoms with Crippen molar-refractivity contribution >= 4 is 5.78 Å². The molecule has 0 aromatic carbocycles. The van der Waals surface area contributed by atoms with Crippen LogP contribution < -0.4 is 0 Å². The molecule has 0 aromatic heterocycles. The summed E-state index contributed by atoms with van der Waals surface area (Å²) in [5.74, 6) is 0.901. The second-order valence-electron chi connectivity index (χ2n) is 5.21. The summed E-state index contributed by atoms with van der Waals surface area (Å²) in [5.41, 5.74) is 2.97. The minimum atomic E-state index is 0.226. The molecule has 1 unspecified atom stereocenters. The first-order valence-corrected chi connectivity index (χ1v) is 7.15. The molecule has 1 atom stereocenters. The molecule has 0 aliphatic heterocycles. The van der Waals surface area contributed by atoms with Gasteiger partial charge in [-0.3, -0.25) is 4.79 Å². The van der Waals surface area contributed by atoms with Crippen molar-refractivity contribution in [1.29, 1.82) is 0 Å². The predicted octanol–water partition coefficient (Wildman–Crippen LogP) is 5.26. The molecule has 19 heavy (non-hydrogen) atoms. The normalized spacial score (nSPS) is 14.4. The zero-order valence-electron chi connectivity index (χ0n) is 13.1. The second kappa shape index (κ2) is 8.68. The lowest BCUT2D eigenvalue weighted by atomic mass is 9.91. The molecule has 0 saturated carbocycles. The largest absolute Gasteiger partial charge is 0.295 e. The van der Waals surface area contributed by atoms with Crippen molar-refractivity contribution in [1.82, 2.24) is 0 Å². The summed E-state index contributed by atoms with van der Waals surface area (Å²) in [4.78, 5) is 12.0. The Kier molecular flexibility index (Phi) is 8.06. The van der Waals surface area contributed by atoms with Gasteiger partial charge in [0.15, 0.2) is 5.78 Å². The lowest BCUT2D eigenvalue weighted by Gasteiger charge is -2.13. The van der Waals surface area contributed by atoms with Gasteiger partial charge in [-0.2, -0.15) is 0 Å². The third-order valence-corrected chi connectivity index (χ3v) is 3.52. The highest BCUT2D eigenvalue weighted by Crippen LogP contribution is 2.21. The van der Waals surface area contributed by atoms with Crippen LogP contribution in [0.3, 0.4) is 0 Å². The molecule has 0 aliphatic carbocycles. The van der Waals surface area contributed by atoms with Crippen molar-refractivity contribution in [2.45, 2.75) is 47.5 Å². The molecule has 0 radical (unpaired) electrons. The van der Waals surface area contributed by atoms with Crippen molar-refractivity contribution in [2.75, 3.05) is 0 Å². The minimum absolute atomic E-state index is 0.226. The molecule has 0 bridgehead atoms. The van der Waals surface area contributed by atoms with E-state index in [0.717, 1.165) is 23.1 Å². The standard InChI is InChI=1S/C18H28O/c1-8-14(6)17(18(19)10-3)12-11-16(9-2)15(7)13(4)5/h9,11-14H,2,7-8,10H2,1,3-6H3/b16-11+,17-12+. The van der Waals surface area contributed by atoms with Crippen molar-refractivity contribution in [3.63, 3.8) is 0 Å². The first kappa shape index (κ1) is 17.6. The maximum absolute atomic E-state index is 12.0. The Morgan fingerprint density at radius 3 is 2.11 bits per heavy atom. The number of carbonyl (C=O) groups excluding carboxylic acids is 1. The van der Waals surface area contributed by atoms with Gasteiger partial charge in [-0.25, -0.2) is 0 Å². The number of hydrogen-bond donors (Lipinski definition) is 0. The van der Waals surface area contributed by atoms with Gasteiger partial charge in [0, 0.05) is 6.42 Å². The van der Waals surface area contributed by atoms with Gasteiger partial charge in [0.25, 0.3) is 0 Å². The molecule has 1 nitrogen and oxygen atoms in total. The number of ketones is 1. The van der Waals surface area contributed by atoms with Crippen molar-refractivity contribution in [3.8, 4) is 0 Å². The van der Waals surface area contributed by atoms with Gasteiger partial charge in [0.05, 0.1) is 0 Å². The van der Waals surface area contributed by atoms with Crippen LogP contribution in [-0.2, 0) is 4.79 Å². The minimum Gasteiger partial charge on any atom is -0.295 e. The van der Waals surface area contributed by atoms with Crippen LogP contribution in [0.25, 0.3) is 0 Å². The molecule has 0 N–H and O–H groups in total. The third kappa shape index (κ3) is 5.42. The van der Waals surface area contributed by atoms with E-state index in [2.05, 4.69) is 40.9 Å². The Bertz CT molecular complexity index is 394. The van der Waals surface area contributed by atoms with Crippen LogP contribution in [0.1, 0.15) is 47.5 Å². The topological polar surface area (TPSA) is 17.1 Å². The molecule has 0 amide bonds. The summed E-state index contributed by atoms with van der Waals surface area (Å²) >= 11 is 0. The van der Waals surface area contributed by atoms with E-state index in [4.69, 9.17) is 0 Å². The molecule has 1 heteroatoms. The fourth-order valence-electron chi connectivity index (χ4n) is 1.78. The highest BCUT2D eigenvalue weighted by molar-refractivity contribution is 5.95. The molecular formula is C18H28O. The van der Waals surface area contributed by atoms with Gasteiger partial charge >= 0.3 is 0 Å². The second-order valence-corrected chi connectivity index (χ2v) is 5.21. The maximum Gasteiger partial charge on any atom is 0.158 e. The molecule has 0 rings (SSSR count). The zero-order valence-corrected chi connectivity index (χ0v) is 13.1. The van der Waals surface area contributed by atoms with Crippen LogP contribution in [0.2, 0.25) is 0 Å². The summed E-state index contributed by atoms with van der Waals surface area (Å²) in [6, 6.07) is 0. The van der Waals surface area contributed by atoms with Gasteiger partial charge in [-0.1, -0.05) is 66.0 Å². The van der Waals surface area contributed by atoms with Gasteiger partial charge in [-0.15, -0.1) is 0 Å². The highest BCUT2D eigenvalue weighted by atomic mass is 16.1. The third-order valence-electron chi connectivity index (χ3n) is 3.52. The Labute approximate surface area is 118 Å². The van der Waals surface area contributed by atoms with Gasteiger partial charge in [-0.05, 0) is 35.0 Å². The monoisotopic (exact) mass is 260 g/mol. The number of rotatable bonds is 8. The van der Waals surface area contributed by atoms with Crippen LogP contribution in [0, 0.1) is 11.8 Å². The summed E-state index contributed by atoms with van der Waals surface area (Å²) < 4.78 is 0. The zero-order chi connectivity index (χ0) is 15.0. The lowest BCUT2D eigenvalue weighted by molar-refractivity contribution is -0.115. The van der Waals surface area contributed by atoms with Crippen LogP contribution in [-0.4, -0.2) is 5.78 Å². The maximum atomic E-state index is 12.0. The van der Waals surface area contributed by atoms with E-state index in [9.17, 15) is 4.79 Å². The van der Waals surface area contributed by atoms with E-state index in [-0.39, 0.29) is 5.78 Å². The highest BCUT2D eigenvalue weighted by Gasteiger charge is 2.13. The number of allylic oxidation sites excluding steroid dienone is 6. The number of Topliss-reactive ketones (excluding diaryl/α,β-unsaturated/α-hetero) is 1. The molecule has 106 valence electrons. The first-order valence-electron chi connectivity index (χ1n) is 7.15. The summed E-state index contributed by atoms with van der Waals surface area (Å²) in [5, 5.41) is 0. The molecule has 0 heterocycles. The molecule has 0 spiro atoms. The van der Waals surface area contributed by atoms with Gasteiger partial charge in [0.2, 0.25) is 0 Å². The van der Waals surface area contributed by atoms with Crippen molar-refractivity contribution in [3.05, 3.63) is 48.1 Å². The molecule has 0 aliphatic rings. The SMILES string of the molecule is C=C/C(=C\C=C(\C(=O)CC)C(C)CC)C(=C)C(C)C. The van der Waals surface area contributed by atoms with E-state index in [1.165, 1.54) is 0 Å². The van der Waals surface area contributed by atoms with Crippen LogP contribution in [0.15, 0.2) is 48.1 Å². The van der Waals surface area contributed by atoms with E-state index in [0.29, 0.717) is 18.3 Å². The van der Waals surface area contributed by atoms with Crippen molar-refractivity contribution < 1.29 is 4.79 Å². The molecule has 0 aromatic rings.